The van der Waals surface area contributed by atoms with Gasteiger partial charge in [-0.25, -0.2) is 0 Å². The maximum absolute atomic E-state index is 11.9. The van der Waals surface area contributed by atoms with Gasteiger partial charge in [0.05, 0.1) is 13.0 Å². The second-order valence-electron chi connectivity index (χ2n) is 4.57. The molecule has 22 heavy (non-hydrogen) atoms. The van der Waals surface area contributed by atoms with Gasteiger partial charge >= 0.3 is 11.9 Å². The summed E-state index contributed by atoms with van der Waals surface area (Å²) in [6.45, 7) is 2.49. The second-order valence-corrected chi connectivity index (χ2v) is 4.57. The third kappa shape index (κ3) is 5.92. The zero-order valence-electron chi connectivity index (χ0n) is 12.2. The number of ether oxygens (including phenoxy) is 1. The smallest absolute Gasteiger partial charge is 0.321 e. The molecule has 0 radical (unpaired) electrons. The molecule has 7 heteroatoms. The van der Waals surface area contributed by atoms with E-state index >= 15 is 0 Å². The van der Waals surface area contributed by atoms with E-state index in [0.717, 1.165) is 0 Å². The summed E-state index contributed by atoms with van der Waals surface area (Å²) in [6, 6.07) is 5.45. The summed E-state index contributed by atoms with van der Waals surface area (Å²) in [5.74, 6) is -1.95. The van der Waals surface area contributed by atoms with Crippen molar-refractivity contribution in [3.63, 3.8) is 0 Å². The minimum Gasteiger partial charge on any atom is -0.494 e. The molecule has 120 valence electrons. The Morgan fingerprint density at radius 1 is 1.18 bits per heavy atom. The van der Waals surface area contributed by atoms with Gasteiger partial charge in [-0.05, 0) is 31.2 Å². The van der Waals surface area contributed by atoms with Crippen LogP contribution in [0.2, 0.25) is 0 Å². The minimum absolute atomic E-state index is 0.0807. The van der Waals surface area contributed by atoms with Crippen LogP contribution in [-0.4, -0.2) is 47.1 Å². The highest BCUT2D eigenvalue weighted by atomic mass is 16.5. The third-order valence-electron chi connectivity index (χ3n) is 2.91. The van der Waals surface area contributed by atoms with Crippen LogP contribution in [-0.2, 0) is 9.59 Å². The quantitative estimate of drug-likeness (QED) is 0.556. The Kier molecular flexibility index (Phi) is 7.04. The van der Waals surface area contributed by atoms with Gasteiger partial charge in [-0.1, -0.05) is 0 Å². The van der Waals surface area contributed by atoms with Crippen molar-refractivity contribution in [1.29, 1.82) is 0 Å². The fraction of sp³-hybridized carbons (Fsp3) is 0.400. The number of carboxylic acids is 2. The Bertz CT molecular complexity index is 525. The van der Waals surface area contributed by atoms with Crippen molar-refractivity contribution in [2.45, 2.75) is 25.8 Å². The molecule has 7 nitrogen and oxygen atoms in total. The first-order valence-electron chi connectivity index (χ1n) is 6.88. The molecule has 0 fully saturated rings. The number of rotatable bonds is 10. The van der Waals surface area contributed by atoms with Crippen LogP contribution in [0.4, 0.5) is 0 Å². The molecule has 0 spiro atoms. The molecule has 1 atom stereocenters. The lowest BCUT2D eigenvalue weighted by molar-refractivity contribution is -0.145. The topological polar surface area (TPSA) is 113 Å². The molecule has 0 aliphatic heterocycles. The zero-order chi connectivity index (χ0) is 16.5. The average Bonchev–Trinajstić information content (AvgIpc) is 2.46. The van der Waals surface area contributed by atoms with E-state index in [1.54, 1.807) is 24.3 Å². The Morgan fingerprint density at radius 2 is 1.82 bits per heavy atom. The molecule has 1 aromatic carbocycles. The molecule has 0 saturated heterocycles. The number of ketones is 1. The van der Waals surface area contributed by atoms with Crippen LogP contribution in [0.1, 0.15) is 30.1 Å². The molecule has 3 N–H and O–H groups in total. The number of aliphatic carboxylic acids is 2. The molecule has 0 heterocycles. The fourth-order valence-corrected chi connectivity index (χ4v) is 1.83. The van der Waals surface area contributed by atoms with E-state index in [9.17, 15) is 14.4 Å². The molecule has 0 bridgehead atoms. The summed E-state index contributed by atoms with van der Waals surface area (Å²) >= 11 is 0. The SMILES string of the molecule is CCOc1ccc(C(=O)CCN[C@H](CC(=O)O)C(=O)O)cc1. The van der Waals surface area contributed by atoms with Gasteiger partial charge in [0.25, 0.3) is 0 Å². The number of hydrogen-bond donors (Lipinski definition) is 3. The van der Waals surface area contributed by atoms with Gasteiger partial charge in [0.1, 0.15) is 11.8 Å². The van der Waals surface area contributed by atoms with Gasteiger partial charge in [-0.3, -0.25) is 14.4 Å². The van der Waals surface area contributed by atoms with Gasteiger partial charge < -0.3 is 20.3 Å². The molecule has 0 aliphatic carbocycles. The van der Waals surface area contributed by atoms with E-state index in [-0.39, 0.29) is 18.7 Å². The van der Waals surface area contributed by atoms with Crippen molar-refractivity contribution in [2.75, 3.05) is 13.2 Å². The van der Waals surface area contributed by atoms with E-state index in [0.29, 0.717) is 17.9 Å². The van der Waals surface area contributed by atoms with Gasteiger partial charge in [-0.15, -0.1) is 0 Å². The largest absolute Gasteiger partial charge is 0.494 e. The van der Waals surface area contributed by atoms with Gasteiger partial charge in [0.2, 0.25) is 0 Å². The minimum atomic E-state index is -1.25. The highest BCUT2D eigenvalue weighted by Gasteiger charge is 2.20. The van der Waals surface area contributed by atoms with Crippen molar-refractivity contribution in [1.82, 2.24) is 5.32 Å². The Hall–Kier alpha value is -2.41. The lowest BCUT2D eigenvalue weighted by Crippen LogP contribution is -2.39. The highest BCUT2D eigenvalue weighted by Crippen LogP contribution is 2.13. The normalized spacial score (nSPS) is 11.7. The molecular weight excluding hydrogens is 290 g/mol. The van der Waals surface area contributed by atoms with Crippen molar-refractivity contribution in [2.24, 2.45) is 0 Å². The Labute approximate surface area is 127 Å². The van der Waals surface area contributed by atoms with Gasteiger partial charge in [-0.2, -0.15) is 0 Å². The maximum atomic E-state index is 11.9. The third-order valence-corrected chi connectivity index (χ3v) is 2.91. The van der Waals surface area contributed by atoms with Crippen LogP contribution in [0.15, 0.2) is 24.3 Å². The summed E-state index contributed by atoms with van der Waals surface area (Å²) in [6.07, 6.45) is -0.454. The van der Waals surface area contributed by atoms with Crippen LogP contribution >= 0.6 is 0 Å². The second kappa shape index (κ2) is 8.78. The van der Waals surface area contributed by atoms with Gasteiger partial charge in [0.15, 0.2) is 5.78 Å². The average molecular weight is 309 g/mol. The predicted molar refractivity (Wildman–Crippen MR) is 78.2 cm³/mol. The molecule has 1 aromatic rings. The van der Waals surface area contributed by atoms with Crippen LogP contribution < -0.4 is 10.1 Å². The summed E-state index contributed by atoms with van der Waals surface area (Å²) in [5.41, 5.74) is 0.496. The lowest BCUT2D eigenvalue weighted by Gasteiger charge is -2.11. The standard InChI is InChI=1S/C15H19NO6/c1-2-22-11-5-3-10(4-6-11)13(17)7-8-16-12(15(20)21)9-14(18)19/h3-6,12,16H,2,7-9H2,1H3,(H,18,19)(H,20,21)/t12-/m1/s1. The first-order chi connectivity index (χ1) is 10.4. The monoisotopic (exact) mass is 309 g/mol. The van der Waals surface area contributed by atoms with Crippen molar-refractivity contribution in [3.05, 3.63) is 29.8 Å². The number of carbonyl (C=O) groups is 3. The molecule has 0 unspecified atom stereocenters. The van der Waals surface area contributed by atoms with Crippen LogP contribution in [0.3, 0.4) is 0 Å². The number of benzene rings is 1. The maximum Gasteiger partial charge on any atom is 0.321 e. The Balaban J connectivity index is 2.47. The molecule has 0 aliphatic rings. The van der Waals surface area contributed by atoms with Crippen molar-refractivity contribution < 1.29 is 29.3 Å². The van der Waals surface area contributed by atoms with Crippen LogP contribution in [0.5, 0.6) is 5.75 Å². The first kappa shape index (κ1) is 17.6. The summed E-state index contributed by atoms with van der Waals surface area (Å²) < 4.78 is 5.27. The molecule has 0 saturated carbocycles. The number of nitrogens with one attached hydrogen (secondary N) is 1. The van der Waals surface area contributed by atoms with E-state index < -0.39 is 24.4 Å². The molecule has 1 rings (SSSR count). The van der Waals surface area contributed by atoms with E-state index in [1.807, 2.05) is 6.92 Å². The summed E-state index contributed by atoms with van der Waals surface area (Å²) in [4.78, 5) is 33.3. The van der Waals surface area contributed by atoms with Crippen LogP contribution in [0.25, 0.3) is 0 Å². The lowest BCUT2D eigenvalue weighted by atomic mass is 10.1. The number of Topliss-reactive ketones (excluding diaryl/α,β-unsaturated/α-hetero) is 1. The van der Waals surface area contributed by atoms with Crippen molar-refractivity contribution in [3.8, 4) is 5.75 Å². The van der Waals surface area contributed by atoms with E-state index in [4.69, 9.17) is 14.9 Å². The first-order valence-corrected chi connectivity index (χ1v) is 6.88. The number of hydrogen-bond acceptors (Lipinski definition) is 5. The summed E-state index contributed by atoms with van der Waals surface area (Å²) in [7, 11) is 0. The highest BCUT2D eigenvalue weighted by molar-refractivity contribution is 5.96. The Morgan fingerprint density at radius 3 is 2.32 bits per heavy atom. The number of carbonyl (C=O) groups excluding carboxylic acids is 1. The summed E-state index contributed by atoms with van der Waals surface area (Å²) in [5, 5.41) is 20.0. The van der Waals surface area contributed by atoms with Crippen LogP contribution in [0, 0.1) is 0 Å². The molecule has 0 amide bonds. The zero-order valence-corrected chi connectivity index (χ0v) is 12.2. The predicted octanol–water partition coefficient (Wildman–Crippen LogP) is 1.18. The van der Waals surface area contributed by atoms with E-state index in [2.05, 4.69) is 5.32 Å². The number of carboxylic acid groups (broad SMARTS) is 2. The fourth-order valence-electron chi connectivity index (χ4n) is 1.83. The van der Waals surface area contributed by atoms with E-state index in [1.165, 1.54) is 0 Å². The van der Waals surface area contributed by atoms with Crippen molar-refractivity contribution >= 4 is 17.7 Å². The van der Waals surface area contributed by atoms with Gasteiger partial charge in [0, 0.05) is 18.5 Å². The molecule has 0 aromatic heterocycles. The molecular formula is C15H19NO6.